The van der Waals surface area contributed by atoms with Gasteiger partial charge in [-0.05, 0) is 110 Å². The lowest BCUT2D eigenvalue weighted by Crippen LogP contribution is -2.53. The number of aryl methyl sites for hydroxylation is 1. The van der Waals surface area contributed by atoms with E-state index in [0.717, 1.165) is 42.6 Å². The predicted octanol–water partition coefficient (Wildman–Crippen LogP) is 8.53. The molecule has 3 aliphatic rings. The molecule has 2 aromatic carbocycles. The van der Waals surface area contributed by atoms with E-state index in [1.165, 1.54) is 18.2 Å². The fraction of sp³-hybridized carbons (Fsp3) is 0.500. The molecule has 0 radical (unpaired) electrons. The Morgan fingerprint density at radius 3 is 2.66 bits per heavy atom. The largest absolute Gasteiger partial charge is 0.493 e. The quantitative estimate of drug-likeness (QED) is 0.242. The fourth-order valence-corrected chi connectivity index (χ4v) is 8.46. The molecule has 3 aromatic rings. The minimum Gasteiger partial charge on any atom is -0.493 e. The number of anilines is 1. The maximum Gasteiger partial charge on any atom is 0.331 e. The molecule has 0 bridgehead atoms. The van der Waals surface area contributed by atoms with Crippen molar-refractivity contribution < 1.29 is 23.0 Å². The van der Waals surface area contributed by atoms with Gasteiger partial charge in [-0.15, -0.1) is 0 Å². The van der Waals surface area contributed by atoms with E-state index in [-0.39, 0.29) is 23.9 Å². The Bertz CT molecular complexity index is 1490. The van der Waals surface area contributed by atoms with E-state index < -0.39 is 17.9 Å². The Morgan fingerprint density at radius 2 is 1.91 bits per heavy atom. The number of methoxy groups -OCH3 is 1. The Hall–Kier alpha value is -3.19. The van der Waals surface area contributed by atoms with E-state index >= 15 is 0 Å². The molecule has 1 N–H and O–H groups in total. The van der Waals surface area contributed by atoms with Gasteiger partial charge in [-0.25, -0.2) is 13.6 Å². The van der Waals surface area contributed by atoms with Gasteiger partial charge < -0.3 is 14.8 Å². The maximum absolute atomic E-state index is 14.7. The highest BCUT2D eigenvalue weighted by atomic mass is 35.5. The van der Waals surface area contributed by atoms with E-state index in [4.69, 9.17) is 21.1 Å². The Balaban J connectivity index is 1.24. The third kappa shape index (κ3) is 5.80. The number of hydrogen-bond donors (Lipinski definition) is 1. The molecule has 44 heavy (non-hydrogen) atoms. The van der Waals surface area contributed by atoms with Crippen molar-refractivity contribution >= 4 is 23.3 Å². The molecule has 1 saturated carbocycles. The molecule has 3 atom stereocenters. The van der Waals surface area contributed by atoms with Crippen LogP contribution in [-0.2, 0) is 27.8 Å². The molecule has 3 aliphatic carbocycles. The average Bonchev–Trinajstić information content (AvgIpc) is 3.32. The predicted molar refractivity (Wildman–Crippen MR) is 169 cm³/mol. The molecule has 5 nitrogen and oxygen atoms in total. The van der Waals surface area contributed by atoms with Crippen molar-refractivity contribution in [2.75, 3.05) is 19.0 Å². The summed E-state index contributed by atoms with van der Waals surface area (Å²) in [6.07, 6.45) is 5.77. The average molecular weight is 623 g/mol. The molecule has 6 rings (SSSR count). The van der Waals surface area contributed by atoms with Crippen molar-refractivity contribution in [1.82, 2.24) is 4.98 Å². The van der Waals surface area contributed by atoms with Crippen LogP contribution in [0.5, 0.6) is 5.75 Å². The highest BCUT2D eigenvalue weighted by molar-refractivity contribution is 6.30. The first-order valence-corrected chi connectivity index (χ1v) is 16.2. The number of aromatic nitrogens is 1. The van der Waals surface area contributed by atoms with Gasteiger partial charge >= 0.3 is 5.97 Å². The molecule has 234 valence electrons. The lowest BCUT2D eigenvalue weighted by atomic mass is 9.59. The van der Waals surface area contributed by atoms with Gasteiger partial charge in [-0.3, -0.25) is 4.98 Å². The summed E-state index contributed by atoms with van der Waals surface area (Å²) in [5.41, 5.74) is 4.09. The van der Waals surface area contributed by atoms with Crippen LogP contribution in [0.25, 0.3) is 0 Å². The van der Waals surface area contributed by atoms with Gasteiger partial charge in [0.2, 0.25) is 6.43 Å². The maximum atomic E-state index is 14.7. The minimum absolute atomic E-state index is 0.00888. The molecule has 0 saturated heterocycles. The van der Waals surface area contributed by atoms with Gasteiger partial charge in [-0.1, -0.05) is 48.9 Å². The van der Waals surface area contributed by atoms with Crippen LogP contribution in [0.1, 0.15) is 80.2 Å². The molecule has 1 fully saturated rings. The first-order chi connectivity index (χ1) is 21.2. The fourth-order valence-electron chi connectivity index (χ4n) is 8.27. The summed E-state index contributed by atoms with van der Waals surface area (Å²) >= 11 is 6.25. The number of hydrogen-bond acceptors (Lipinski definition) is 5. The van der Waals surface area contributed by atoms with Crippen molar-refractivity contribution in [1.29, 1.82) is 0 Å². The molecule has 2 unspecified atom stereocenters. The normalized spacial score (nSPS) is 26.6. The molecule has 1 spiro atoms. The van der Waals surface area contributed by atoms with E-state index in [9.17, 15) is 13.6 Å². The number of carbonyl (C=O) groups is 1. The van der Waals surface area contributed by atoms with Gasteiger partial charge in [0.25, 0.3) is 0 Å². The van der Waals surface area contributed by atoms with Crippen molar-refractivity contribution in [3.63, 3.8) is 0 Å². The van der Waals surface area contributed by atoms with Crippen molar-refractivity contribution in [2.24, 2.45) is 11.8 Å². The molecular formula is C36H41ClF2N2O3. The standard InChI is InChI=1S/C36H41ClF2N2O3/c1-23-7-5-12-30-32(23)31(13-18-40-30)44-22-25(33(38)39)20-26-19-24-8-3-4-11-29(24)35(26)14-16-36(17-15-35,34(42)43-2)41-28-10-6-9-27(37)21-28/h3-4,6,8-11,13,18,21,23,25-26,33,41H,5,7,12,14-17,19-20,22H2,1-2H3/t23-,25?,26?,35?,36?/m1/s1. The Kier molecular flexibility index (Phi) is 8.87. The third-order valence-corrected chi connectivity index (χ3v) is 10.8. The number of halogens is 3. The minimum atomic E-state index is -2.51. The lowest BCUT2D eigenvalue weighted by Gasteiger charge is -2.48. The first-order valence-electron chi connectivity index (χ1n) is 15.8. The molecule has 0 aliphatic heterocycles. The second-order valence-corrected chi connectivity index (χ2v) is 13.5. The SMILES string of the molecule is COC(=O)C1(Nc2cccc(Cl)c2)CCC2(CC1)c1ccccc1CC2CC(COc1ccnc2c1[C@H](C)CCC2)C(F)F. The van der Waals surface area contributed by atoms with Crippen LogP contribution in [0.4, 0.5) is 14.5 Å². The third-order valence-electron chi connectivity index (χ3n) is 10.6. The van der Waals surface area contributed by atoms with E-state index in [2.05, 4.69) is 29.4 Å². The van der Waals surface area contributed by atoms with Gasteiger partial charge in [0.15, 0.2) is 0 Å². The second kappa shape index (κ2) is 12.7. The van der Waals surface area contributed by atoms with Gasteiger partial charge in [0, 0.05) is 28.2 Å². The first kappa shape index (κ1) is 30.8. The van der Waals surface area contributed by atoms with E-state index in [0.29, 0.717) is 48.8 Å². The summed E-state index contributed by atoms with van der Waals surface area (Å²) < 4.78 is 41.0. The van der Waals surface area contributed by atoms with Crippen LogP contribution in [0.15, 0.2) is 60.8 Å². The number of alkyl halides is 2. The Morgan fingerprint density at radius 1 is 1.11 bits per heavy atom. The number of benzene rings is 2. The molecule has 8 heteroatoms. The topological polar surface area (TPSA) is 60.5 Å². The highest BCUT2D eigenvalue weighted by Gasteiger charge is 2.54. The number of esters is 1. The number of fused-ring (bicyclic) bond motifs is 3. The van der Waals surface area contributed by atoms with E-state index in [1.807, 2.05) is 30.3 Å². The molecule has 1 aromatic heterocycles. The summed E-state index contributed by atoms with van der Waals surface area (Å²) in [5, 5.41) is 4.03. The second-order valence-electron chi connectivity index (χ2n) is 13.0. The zero-order valence-electron chi connectivity index (χ0n) is 25.5. The molecule has 0 amide bonds. The summed E-state index contributed by atoms with van der Waals surface area (Å²) in [5.74, 6) is -0.216. The van der Waals surface area contributed by atoms with Gasteiger partial charge in [0.1, 0.15) is 11.3 Å². The zero-order valence-corrected chi connectivity index (χ0v) is 26.2. The number of pyridine rings is 1. The van der Waals surface area contributed by atoms with Crippen LogP contribution < -0.4 is 10.1 Å². The van der Waals surface area contributed by atoms with E-state index in [1.54, 1.807) is 18.3 Å². The van der Waals surface area contributed by atoms with Crippen molar-refractivity contribution in [3.05, 3.63) is 88.2 Å². The Labute approximate surface area is 263 Å². The number of carbonyl (C=O) groups excluding carboxylic acids is 1. The van der Waals surface area contributed by atoms with Crippen LogP contribution >= 0.6 is 11.6 Å². The van der Waals surface area contributed by atoms with Crippen LogP contribution in [0.3, 0.4) is 0 Å². The molecular weight excluding hydrogens is 582 g/mol. The summed E-state index contributed by atoms with van der Waals surface area (Å²) in [6, 6.07) is 17.5. The zero-order chi connectivity index (χ0) is 30.9. The number of ether oxygens (including phenoxy) is 2. The summed E-state index contributed by atoms with van der Waals surface area (Å²) in [7, 11) is 1.41. The lowest BCUT2D eigenvalue weighted by molar-refractivity contribution is -0.148. The van der Waals surface area contributed by atoms with Crippen LogP contribution in [0.2, 0.25) is 5.02 Å². The monoisotopic (exact) mass is 622 g/mol. The van der Waals surface area contributed by atoms with Crippen molar-refractivity contribution in [2.45, 2.75) is 88.0 Å². The number of nitrogens with one attached hydrogen (secondary N) is 1. The summed E-state index contributed by atoms with van der Waals surface area (Å²) in [6.45, 7) is 2.13. The highest BCUT2D eigenvalue weighted by Crippen LogP contribution is 2.56. The van der Waals surface area contributed by atoms with Gasteiger partial charge in [0.05, 0.1) is 19.6 Å². The molecule has 1 heterocycles. The smallest absolute Gasteiger partial charge is 0.331 e. The number of nitrogens with zero attached hydrogens (tertiary/aromatic N) is 1. The van der Waals surface area contributed by atoms with Crippen LogP contribution in [0, 0.1) is 11.8 Å². The van der Waals surface area contributed by atoms with Gasteiger partial charge in [-0.2, -0.15) is 0 Å². The van der Waals surface area contributed by atoms with Crippen molar-refractivity contribution in [3.8, 4) is 5.75 Å². The number of rotatable bonds is 9. The summed E-state index contributed by atoms with van der Waals surface area (Å²) in [4.78, 5) is 17.8. The van der Waals surface area contributed by atoms with Crippen LogP contribution in [-0.4, -0.2) is 36.6 Å².